The minimum absolute atomic E-state index is 0. The smallest absolute Gasteiger partial charge is 0.0464 e. The normalized spacial score (nSPS) is 10.7. The molecule has 0 atom stereocenters. The highest BCUT2D eigenvalue weighted by atomic mass is 16.0. The van der Waals surface area contributed by atoms with E-state index in [0.29, 0.717) is 0 Å². The van der Waals surface area contributed by atoms with Crippen LogP contribution in [0.15, 0.2) is 97.1 Å². The lowest BCUT2D eigenvalue weighted by Gasteiger charge is -1.87. The molecule has 4 aromatic carbocycles. The van der Waals surface area contributed by atoms with Crippen molar-refractivity contribution in [3.63, 3.8) is 0 Å². The summed E-state index contributed by atoms with van der Waals surface area (Å²) in [4.78, 5) is 6.76. The minimum Gasteiger partial charge on any atom is -0.412 e. The molecule has 0 aliphatic carbocycles. The van der Waals surface area contributed by atoms with Crippen LogP contribution < -0.4 is 0 Å². The van der Waals surface area contributed by atoms with Crippen LogP contribution in [0.1, 0.15) is 0 Å². The van der Waals surface area contributed by atoms with Gasteiger partial charge in [-0.15, -0.1) is 0 Å². The molecule has 132 valence electrons. The van der Waals surface area contributed by atoms with Gasteiger partial charge in [0.1, 0.15) is 0 Å². The highest BCUT2D eigenvalue weighted by Crippen LogP contribution is 2.25. The van der Waals surface area contributed by atoms with Crippen molar-refractivity contribution in [3.8, 4) is 0 Å². The minimum atomic E-state index is 0. The molecule has 0 saturated carbocycles. The van der Waals surface area contributed by atoms with Crippen molar-refractivity contribution in [2.24, 2.45) is 0 Å². The van der Waals surface area contributed by atoms with Gasteiger partial charge < -0.3 is 15.4 Å². The molecule has 0 spiro atoms. The number of fused-ring (bicyclic) bond motifs is 6. The molecule has 2 aromatic heterocycles. The van der Waals surface area contributed by atoms with Crippen LogP contribution in [0.5, 0.6) is 0 Å². The predicted molar refractivity (Wildman–Crippen MR) is 115 cm³/mol. The number of aromatic amines is 2. The Labute approximate surface area is 156 Å². The Bertz CT molecular complexity index is 1140. The highest BCUT2D eigenvalue weighted by Gasteiger charge is 2.01. The van der Waals surface area contributed by atoms with E-state index in [0.717, 1.165) is 0 Å². The maximum atomic E-state index is 3.38. The SMILES string of the molecule is O.c1ccc2c(c1)[nH]c1ccccc12.c1ccc2c(c1)[nH]c1ccccc12. The second-order valence-electron chi connectivity index (χ2n) is 6.43. The number of hydrogen-bond donors (Lipinski definition) is 2. The summed E-state index contributed by atoms with van der Waals surface area (Å²) in [5.74, 6) is 0. The topological polar surface area (TPSA) is 63.1 Å². The fourth-order valence-electron chi connectivity index (χ4n) is 3.60. The zero-order valence-corrected chi connectivity index (χ0v) is 14.7. The molecule has 4 N–H and O–H groups in total. The van der Waals surface area contributed by atoms with Crippen molar-refractivity contribution < 1.29 is 5.48 Å². The van der Waals surface area contributed by atoms with Gasteiger partial charge in [-0.2, -0.15) is 0 Å². The zero-order chi connectivity index (χ0) is 17.3. The summed E-state index contributed by atoms with van der Waals surface area (Å²) in [7, 11) is 0. The Morgan fingerprint density at radius 3 is 0.815 bits per heavy atom. The first-order valence-electron chi connectivity index (χ1n) is 8.81. The lowest BCUT2D eigenvalue weighted by Crippen LogP contribution is -1.62. The van der Waals surface area contributed by atoms with Gasteiger partial charge >= 0.3 is 0 Å². The molecule has 0 aliphatic rings. The Balaban J connectivity index is 0.000000129. The van der Waals surface area contributed by atoms with Crippen molar-refractivity contribution in [2.75, 3.05) is 0 Å². The van der Waals surface area contributed by atoms with E-state index in [4.69, 9.17) is 0 Å². The molecule has 0 amide bonds. The monoisotopic (exact) mass is 352 g/mol. The Morgan fingerprint density at radius 1 is 0.333 bits per heavy atom. The van der Waals surface area contributed by atoms with Gasteiger partial charge in [-0.1, -0.05) is 72.8 Å². The van der Waals surface area contributed by atoms with Crippen LogP contribution in [-0.4, -0.2) is 15.4 Å². The summed E-state index contributed by atoms with van der Waals surface area (Å²) < 4.78 is 0. The van der Waals surface area contributed by atoms with Gasteiger partial charge in [0.2, 0.25) is 0 Å². The number of nitrogens with one attached hydrogen (secondary N) is 2. The number of hydrogen-bond acceptors (Lipinski definition) is 0. The largest absolute Gasteiger partial charge is 0.412 e. The molecule has 0 unspecified atom stereocenters. The molecule has 2 heterocycles. The molecule has 3 nitrogen and oxygen atoms in total. The van der Waals surface area contributed by atoms with E-state index in [9.17, 15) is 0 Å². The van der Waals surface area contributed by atoms with Crippen LogP contribution in [0.3, 0.4) is 0 Å². The van der Waals surface area contributed by atoms with Crippen molar-refractivity contribution in [2.45, 2.75) is 0 Å². The van der Waals surface area contributed by atoms with E-state index in [-0.39, 0.29) is 5.48 Å². The summed E-state index contributed by atoms with van der Waals surface area (Å²) in [6, 6.07) is 33.5. The average Bonchev–Trinajstić information content (AvgIpc) is 3.27. The van der Waals surface area contributed by atoms with E-state index < -0.39 is 0 Å². The Morgan fingerprint density at radius 2 is 0.556 bits per heavy atom. The van der Waals surface area contributed by atoms with Crippen LogP contribution in [0.2, 0.25) is 0 Å². The van der Waals surface area contributed by atoms with Crippen LogP contribution in [0, 0.1) is 0 Å². The molecular weight excluding hydrogens is 332 g/mol. The first-order valence-corrected chi connectivity index (χ1v) is 8.81. The molecule has 0 fully saturated rings. The predicted octanol–water partition coefficient (Wildman–Crippen LogP) is 5.82. The van der Waals surface area contributed by atoms with Gasteiger partial charge in [0.15, 0.2) is 0 Å². The third-order valence-corrected chi connectivity index (χ3v) is 4.83. The zero-order valence-electron chi connectivity index (χ0n) is 14.7. The molecular formula is C24H20N2O. The number of rotatable bonds is 0. The Kier molecular flexibility index (Phi) is 4.37. The van der Waals surface area contributed by atoms with Crippen molar-refractivity contribution >= 4 is 43.6 Å². The second kappa shape index (κ2) is 6.98. The summed E-state index contributed by atoms with van der Waals surface area (Å²) in [6.07, 6.45) is 0. The summed E-state index contributed by atoms with van der Waals surface area (Å²) in [5, 5.41) is 5.22. The number of aromatic nitrogens is 2. The molecule has 27 heavy (non-hydrogen) atoms. The molecule has 6 aromatic rings. The third-order valence-electron chi connectivity index (χ3n) is 4.83. The van der Waals surface area contributed by atoms with E-state index in [1.54, 1.807) is 0 Å². The van der Waals surface area contributed by atoms with Crippen LogP contribution in [-0.2, 0) is 0 Å². The molecule has 3 heteroatoms. The van der Waals surface area contributed by atoms with Crippen LogP contribution in [0.25, 0.3) is 43.6 Å². The standard InChI is InChI=1S/2C12H9N.H2O/c2*1-3-7-11-9(5-1)10-6-2-4-8-12(10)13-11;/h2*1-8,13H;1H2. The first kappa shape index (κ1) is 16.9. The molecule has 0 radical (unpaired) electrons. The van der Waals surface area contributed by atoms with Gasteiger partial charge in [0, 0.05) is 43.6 Å². The van der Waals surface area contributed by atoms with E-state index in [1.165, 1.54) is 43.6 Å². The van der Waals surface area contributed by atoms with Gasteiger partial charge in [-0.05, 0) is 24.3 Å². The molecule has 0 aliphatic heterocycles. The van der Waals surface area contributed by atoms with Gasteiger partial charge in [0.05, 0.1) is 0 Å². The fourth-order valence-corrected chi connectivity index (χ4v) is 3.60. The number of para-hydroxylation sites is 4. The number of H-pyrrole nitrogens is 2. The third kappa shape index (κ3) is 2.94. The van der Waals surface area contributed by atoms with E-state index >= 15 is 0 Å². The van der Waals surface area contributed by atoms with Crippen molar-refractivity contribution in [1.82, 2.24) is 9.97 Å². The quantitative estimate of drug-likeness (QED) is 0.346. The summed E-state index contributed by atoms with van der Waals surface area (Å²) in [5.41, 5.74) is 4.85. The van der Waals surface area contributed by atoms with E-state index in [1.807, 2.05) is 0 Å². The summed E-state index contributed by atoms with van der Waals surface area (Å²) in [6.45, 7) is 0. The first-order chi connectivity index (χ1) is 12.9. The lowest BCUT2D eigenvalue weighted by atomic mass is 10.2. The van der Waals surface area contributed by atoms with E-state index in [2.05, 4.69) is 107 Å². The lowest BCUT2D eigenvalue weighted by molar-refractivity contribution is 0.824. The summed E-state index contributed by atoms with van der Waals surface area (Å²) >= 11 is 0. The molecule has 6 rings (SSSR count). The maximum Gasteiger partial charge on any atom is 0.0464 e. The van der Waals surface area contributed by atoms with Gasteiger partial charge in [0.25, 0.3) is 0 Å². The van der Waals surface area contributed by atoms with Gasteiger partial charge in [-0.25, -0.2) is 0 Å². The van der Waals surface area contributed by atoms with Crippen LogP contribution in [0.4, 0.5) is 0 Å². The van der Waals surface area contributed by atoms with Crippen LogP contribution >= 0.6 is 0 Å². The van der Waals surface area contributed by atoms with Crippen molar-refractivity contribution in [1.29, 1.82) is 0 Å². The molecule has 0 saturated heterocycles. The Hall–Kier alpha value is -3.56. The fraction of sp³-hybridized carbons (Fsp3) is 0. The molecule has 0 bridgehead atoms. The second-order valence-corrected chi connectivity index (χ2v) is 6.43. The maximum absolute atomic E-state index is 3.38. The number of benzene rings is 4. The average molecular weight is 352 g/mol. The van der Waals surface area contributed by atoms with Gasteiger partial charge in [-0.3, -0.25) is 0 Å². The highest BCUT2D eigenvalue weighted by molar-refractivity contribution is 6.07. The van der Waals surface area contributed by atoms with Crippen molar-refractivity contribution in [3.05, 3.63) is 97.1 Å².